The van der Waals surface area contributed by atoms with E-state index in [4.69, 9.17) is 4.74 Å². The lowest BCUT2D eigenvalue weighted by Gasteiger charge is -2.33. The number of benzene rings is 3. The van der Waals surface area contributed by atoms with E-state index < -0.39 is 6.10 Å². The van der Waals surface area contributed by atoms with Gasteiger partial charge in [0.25, 0.3) is 5.91 Å². The number of rotatable bonds is 6. The molecule has 4 rings (SSSR count). The molecule has 0 fully saturated rings. The van der Waals surface area contributed by atoms with Crippen molar-refractivity contribution < 1.29 is 14.3 Å². The number of carbonyl (C=O) groups excluding carboxylic acids is 2. The van der Waals surface area contributed by atoms with Crippen LogP contribution in [0.2, 0.25) is 0 Å². The van der Waals surface area contributed by atoms with Crippen LogP contribution >= 0.6 is 0 Å². The Balaban J connectivity index is 1.54. The van der Waals surface area contributed by atoms with Gasteiger partial charge in [-0.15, -0.1) is 0 Å². The van der Waals surface area contributed by atoms with E-state index in [0.29, 0.717) is 24.5 Å². The van der Waals surface area contributed by atoms with Crippen LogP contribution in [0, 0.1) is 0 Å². The largest absolute Gasteiger partial charge is 0.479 e. The van der Waals surface area contributed by atoms with E-state index in [0.717, 1.165) is 11.3 Å². The summed E-state index contributed by atoms with van der Waals surface area (Å²) in [6.07, 6.45) is -0.348. The predicted molar refractivity (Wildman–Crippen MR) is 118 cm³/mol. The quantitative estimate of drug-likeness (QED) is 0.615. The molecule has 3 aromatic carbocycles. The van der Waals surface area contributed by atoms with Crippen molar-refractivity contribution in [2.24, 2.45) is 0 Å². The van der Waals surface area contributed by atoms with E-state index in [1.54, 1.807) is 16.7 Å². The molecule has 5 nitrogen and oxygen atoms in total. The summed E-state index contributed by atoms with van der Waals surface area (Å²) in [6.45, 7) is 2.52. The van der Waals surface area contributed by atoms with Crippen LogP contribution in [-0.4, -0.2) is 24.5 Å². The lowest BCUT2D eigenvalue weighted by Crippen LogP contribution is -2.46. The van der Waals surface area contributed by atoms with Crippen molar-refractivity contribution in [3.63, 3.8) is 0 Å². The van der Waals surface area contributed by atoms with Crippen molar-refractivity contribution in [2.75, 3.05) is 16.3 Å². The molecule has 0 saturated carbocycles. The molecule has 0 radical (unpaired) electrons. The second-order valence-electron chi connectivity index (χ2n) is 7.27. The van der Waals surface area contributed by atoms with Crippen LogP contribution in [0.15, 0.2) is 84.9 Å². The van der Waals surface area contributed by atoms with Crippen LogP contribution in [0.4, 0.5) is 11.4 Å². The lowest BCUT2D eigenvalue weighted by atomic mass is 10.1. The van der Waals surface area contributed by atoms with E-state index in [1.807, 2.05) is 84.9 Å². The fraction of sp³-hybridized carbons (Fsp3) is 0.200. The molecule has 1 aliphatic rings. The van der Waals surface area contributed by atoms with Crippen molar-refractivity contribution in [1.82, 2.24) is 0 Å². The highest BCUT2D eigenvalue weighted by atomic mass is 16.5. The number of amides is 2. The Bertz CT molecular complexity index is 1020. The molecule has 1 unspecified atom stereocenters. The maximum Gasteiger partial charge on any atom is 0.267 e. The Morgan fingerprint density at radius 1 is 0.933 bits per heavy atom. The molecule has 3 aromatic rings. The monoisotopic (exact) mass is 400 g/mol. The van der Waals surface area contributed by atoms with E-state index in [2.05, 4.69) is 0 Å². The van der Waals surface area contributed by atoms with Gasteiger partial charge in [0.1, 0.15) is 5.75 Å². The second kappa shape index (κ2) is 8.82. The molecule has 0 aromatic heterocycles. The highest BCUT2D eigenvalue weighted by molar-refractivity contribution is 6.01. The van der Waals surface area contributed by atoms with Crippen LogP contribution in [0.25, 0.3) is 0 Å². The van der Waals surface area contributed by atoms with Crippen molar-refractivity contribution in [2.45, 2.75) is 26.0 Å². The third kappa shape index (κ3) is 4.20. The molecule has 2 amide bonds. The first-order chi connectivity index (χ1) is 14.6. The number of hydrogen-bond acceptors (Lipinski definition) is 3. The Hall–Kier alpha value is -3.60. The summed E-state index contributed by atoms with van der Waals surface area (Å²) in [5.74, 6) is 0.506. The number of hydrogen-bond donors (Lipinski definition) is 0. The number of ether oxygens (including phenoxy) is 1. The molecule has 0 N–H and O–H groups in total. The minimum absolute atomic E-state index is 0.0329. The summed E-state index contributed by atoms with van der Waals surface area (Å²) in [5.41, 5.74) is 2.60. The summed E-state index contributed by atoms with van der Waals surface area (Å²) in [5, 5.41) is 0. The zero-order valence-corrected chi connectivity index (χ0v) is 16.9. The highest BCUT2D eigenvalue weighted by Crippen LogP contribution is 2.33. The van der Waals surface area contributed by atoms with Gasteiger partial charge in [-0.25, -0.2) is 0 Å². The Morgan fingerprint density at radius 2 is 1.57 bits per heavy atom. The minimum atomic E-state index is -0.565. The molecular weight excluding hydrogens is 376 g/mol. The second-order valence-corrected chi connectivity index (χ2v) is 7.27. The highest BCUT2D eigenvalue weighted by Gasteiger charge is 2.31. The topological polar surface area (TPSA) is 49.9 Å². The summed E-state index contributed by atoms with van der Waals surface area (Å²) >= 11 is 0. The van der Waals surface area contributed by atoms with Gasteiger partial charge in [0.2, 0.25) is 5.91 Å². The fourth-order valence-electron chi connectivity index (χ4n) is 3.63. The Kier molecular flexibility index (Phi) is 5.80. The molecule has 1 aliphatic heterocycles. The zero-order valence-electron chi connectivity index (χ0n) is 16.9. The number of carbonyl (C=O) groups is 2. The summed E-state index contributed by atoms with van der Waals surface area (Å²) in [7, 11) is 0. The average Bonchev–Trinajstić information content (AvgIpc) is 2.79. The Morgan fingerprint density at radius 3 is 2.30 bits per heavy atom. The van der Waals surface area contributed by atoms with Crippen molar-refractivity contribution in [3.05, 3.63) is 90.5 Å². The van der Waals surface area contributed by atoms with Crippen molar-refractivity contribution in [3.8, 4) is 5.75 Å². The maximum atomic E-state index is 13.2. The van der Waals surface area contributed by atoms with Gasteiger partial charge in [-0.05, 0) is 36.8 Å². The van der Waals surface area contributed by atoms with Crippen molar-refractivity contribution in [1.29, 1.82) is 0 Å². The minimum Gasteiger partial charge on any atom is -0.479 e. The van der Waals surface area contributed by atoms with Crippen LogP contribution in [0.3, 0.4) is 0 Å². The molecule has 0 bridgehead atoms. The first kappa shape index (κ1) is 19.7. The molecule has 0 aliphatic carbocycles. The smallest absolute Gasteiger partial charge is 0.267 e. The van der Waals surface area contributed by atoms with Crippen LogP contribution in [0.1, 0.15) is 18.9 Å². The molecule has 0 saturated heterocycles. The van der Waals surface area contributed by atoms with Gasteiger partial charge in [0.05, 0.1) is 12.2 Å². The van der Waals surface area contributed by atoms with Crippen LogP contribution < -0.4 is 14.5 Å². The van der Waals surface area contributed by atoms with E-state index in [9.17, 15) is 9.59 Å². The summed E-state index contributed by atoms with van der Waals surface area (Å²) in [4.78, 5) is 29.4. The number of fused-ring (bicyclic) bond motifs is 1. The Labute approximate surface area is 176 Å². The van der Waals surface area contributed by atoms with Gasteiger partial charge in [-0.1, -0.05) is 60.7 Å². The molecule has 5 heteroatoms. The summed E-state index contributed by atoms with van der Waals surface area (Å²) < 4.78 is 5.69. The van der Waals surface area contributed by atoms with Gasteiger partial charge >= 0.3 is 0 Å². The SMILES string of the molecule is CC1Oc2ccccc2N(CCC(=O)N(Cc2ccccc2)c2ccccc2)C1=O. The average molecular weight is 400 g/mol. The lowest BCUT2D eigenvalue weighted by molar-refractivity contribution is -0.125. The standard InChI is InChI=1S/C25H24N2O3/c1-19-25(29)26(22-14-8-9-15-23(22)30-19)17-16-24(28)27(21-12-6-3-7-13-21)18-20-10-4-2-5-11-20/h2-15,19H,16-18H2,1H3. The van der Waals surface area contributed by atoms with Gasteiger partial charge in [0, 0.05) is 18.7 Å². The van der Waals surface area contributed by atoms with E-state index >= 15 is 0 Å². The number of para-hydroxylation sites is 3. The van der Waals surface area contributed by atoms with Crippen molar-refractivity contribution >= 4 is 23.2 Å². The molecule has 0 spiro atoms. The molecule has 30 heavy (non-hydrogen) atoms. The third-order valence-electron chi connectivity index (χ3n) is 5.18. The number of anilines is 2. The van der Waals surface area contributed by atoms with Crippen LogP contribution in [-0.2, 0) is 16.1 Å². The summed E-state index contributed by atoms with van der Waals surface area (Å²) in [6, 6.07) is 27.0. The zero-order chi connectivity index (χ0) is 20.9. The number of nitrogens with zero attached hydrogens (tertiary/aromatic N) is 2. The predicted octanol–water partition coefficient (Wildman–Crippen LogP) is 4.42. The van der Waals surface area contributed by atoms with Gasteiger partial charge in [0.15, 0.2) is 6.10 Å². The fourth-order valence-corrected chi connectivity index (χ4v) is 3.63. The maximum absolute atomic E-state index is 13.2. The molecular formula is C25H24N2O3. The van der Waals surface area contributed by atoms with E-state index in [1.165, 1.54) is 0 Å². The first-order valence-electron chi connectivity index (χ1n) is 10.1. The molecule has 152 valence electrons. The first-order valence-corrected chi connectivity index (χ1v) is 10.1. The molecule has 1 atom stereocenters. The molecule has 1 heterocycles. The van der Waals surface area contributed by atoms with Gasteiger partial charge < -0.3 is 14.5 Å². The van der Waals surface area contributed by atoms with Gasteiger partial charge in [-0.2, -0.15) is 0 Å². The van der Waals surface area contributed by atoms with E-state index in [-0.39, 0.29) is 18.2 Å². The van der Waals surface area contributed by atoms with Gasteiger partial charge in [-0.3, -0.25) is 9.59 Å². The third-order valence-corrected chi connectivity index (χ3v) is 5.18. The van der Waals surface area contributed by atoms with Crippen LogP contribution in [0.5, 0.6) is 5.75 Å². The normalized spacial score (nSPS) is 15.3.